The lowest BCUT2D eigenvalue weighted by atomic mass is 10.0. The number of carbonyl (C=O) groups excluding carboxylic acids is 1. The van der Waals surface area contributed by atoms with Crippen LogP contribution in [-0.4, -0.2) is 49.7 Å². The third-order valence-electron chi connectivity index (χ3n) is 6.26. The summed E-state index contributed by atoms with van der Waals surface area (Å²) in [6.07, 6.45) is 0. The van der Waals surface area contributed by atoms with Crippen LogP contribution in [0.25, 0.3) is 0 Å². The maximum atomic E-state index is 13.4. The monoisotopic (exact) mass is 414 g/mol. The van der Waals surface area contributed by atoms with Crippen LogP contribution in [0.2, 0.25) is 0 Å². The summed E-state index contributed by atoms with van der Waals surface area (Å²) in [7, 11) is -3.60. The molecule has 0 atom stereocenters. The third kappa shape index (κ3) is 3.83. The Morgan fingerprint density at radius 3 is 1.90 bits per heavy atom. The van der Waals surface area contributed by atoms with Crippen LogP contribution >= 0.6 is 0 Å². The molecule has 0 saturated carbocycles. The Kier molecular flexibility index (Phi) is 5.88. The molecule has 0 aromatic heterocycles. The van der Waals surface area contributed by atoms with Gasteiger partial charge in [0.05, 0.1) is 4.90 Å². The summed E-state index contributed by atoms with van der Waals surface area (Å²) in [5.41, 5.74) is 6.34. The molecule has 3 rings (SSSR count). The molecule has 0 aliphatic carbocycles. The van der Waals surface area contributed by atoms with E-state index in [1.165, 1.54) is 4.31 Å². The molecule has 6 heteroatoms. The van der Waals surface area contributed by atoms with Gasteiger partial charge in [-0.3, -0.25) is 4.79 Å². The molecule has 0 bridgehead atoms. The third-order valence-corrected chi connectivity index (χ3v) is 8.43. The van der Waals surface area contributed by atoms with Gasteiger partial charge in [-0.2, -0.15) is 4.31 Å². The van der Waals surface area contributed by atoms with Gasteiger partial charge in [0.1, 0.15) is 0 Å². The fraction of sp³-hybridized carbons (Fsp3) is 0.435. The number of rotatable bonds is 3. The first-order valence-corrected chi connectivity index (χ1v) is 11.4. The van der Waals surface area contributed by atoms with E-state index in [-0.39, 0.29) is 5.91 Å². The van der Waals surface area contributed by atoms with E-state index in [0.29, 0.717) is 36.6 Å². The van der Waals surface area contributed by atoms with Crippen molar-refractivity contribution in [2.75, 3.05) is 26.2 Å². The number of carbonyl (C=O) groups is 1. The normalized spacial score (nSPS) is 15.6. The molecule has 156 valence electrons. The van der Waals surface area contributed by atoms with Gasteiger partial charge in [-0.15, -0.1) is 0 Å². The van der Waals surface area contributed by atoms with E-state index in [9.17, 15) is 13.2 Å². The molecule has 0 spiro atoms. The molecule has 1 amide bonds. The predicted octanol–water partition coefficient (Wildman–Crippen LogP) is 3.68. The molecule has 0 radical (unpaired) electrons. The summed E-state index contributed by atoms with van der Waals surface area (Å²) in [5.74, 6) is -0.0259. The number of amides is 1. The minimum atomic E-state index is -3.60. The van der Waals surface area contributed by atoms with Crippen molar-refractivity contribution in [1.29, 1.82) is 0 Å². The second kappa shape index (κ2) is 7.92. The van der Waals surface area contributed by atoms with Crippen molar-refractivity contribution in [3.05, 3.63) is 63.2 Å². The maximum absolute atomic E-state index is 13.4. The average Bonchev–Trinajstić information content (AvgIpc) is 2.68. The molecular formula is C23H30N2O3S. The van der Waals surface area contributed by atoms with Gasteiger partial charge in [0, 0.05) is 31.7 Å². The highest BCUT2D eigenvalue weighted by atomic mass is 32.2. The van der Waals surface area contributed by atoms with E-state index in [2.05, 4.69) is 0 Å². The van der Waals surface area contributed by atoms with Crippen molar-refractivity contribution in [2.45, 2.75) is 46.4 Å². The lowest BCUT2D eigenvalue weighted by Crippen LogP contribution is -2.50. The van der Waals surface area contributed by atoms with Crippen LogP contribution < -0.4 is 0 Å². The van der Waals surface area contributed by atoms with Gasteiger partial charge in [0.15, 0.2) is 0 Å². The Morgan fingerprint density at radius 2 is 1.34 bits per heavy atom. The number of aryl methyl sites for hydroxylation is 3. The van der Waals surface area contributed by atoms with Crippen LogP contribution in [0.3, 0.4) is 0 Å². The van der Waals surface area contributed by atoms with Gasteiger partial charge in [-0.1, -0.05) is 18.2 Å². The van der Waals surface area contributed by atoms with Crippen molar-refractivity contribution in [3.63, 3.8) is 0 Å². The highest BCUT2D eigenvalue weighted by molar-refractivity contribution is 7.89. The van der Waals surface area contributed by atoms with Gasteiger partial charge in [0.2, 0.25) is 10.0 Å². The van der Waals surface area contributed by atoms with Crippen LogP contribution in [0.1, 0.15) is 43.7 Å². The van der Waals surface area contributed by atoms with Crippen molar-refractivity contribution in [3.8, 4) is 0 Å². The van der Waals surface area contributed by atoms with Gasteiger partial charge in [0.25, 0.3) is 5.91 Å². The van der Waals surface area contributed by atoms with Crippen molar-refractivity contribution in [1.82, 2.24) is 9.21 Å². The Bertz CT molecular complexity index is 1040. The maximum Gasteiger partial charge on any atom is 0.254 e. The Labute approximate surface area is 174 Å². The minimum Gasteiger partial charge on any atom is -0.336 e. The number of benzene rings is 2. The minimum absolute atomic E-state index is 0.0259. The summed E-state index contributed by atoms with van der Waals surface area (Å²) >= 11 is 0. The van der Waals surface area contributed by atoms with E-state index in [4.69, 9.17) is 0 Å². The van der Waals surface area contributed by atoms with Crippen LogP contribution in [0.15, 0.2) is 29.2 Å². The van der Waals surface area contributed by atoms with Gasteiger partial charge in [-0.25, -0.2) is 8.42 Å². The fourth-order valence-corrected chi connectivity index (χ4v) is 5.98. The standard InChI is InChI=1S/C23H30N2O3S/c1-15-8-7-9-21(18(15)4)23(26)24-10-12-25(13-11-24)29(27,28)22-19(5)16(2)14-17(3)20(22)6/h7-9,14H,10-13H2,1-6H3. The zero-order chi connectivity index (χ0) is 21.5. The second-order valence-electron chi connectivity index (χ2n) is 8.03. The van der Waals surface area contributed by atoms with Crippen molar-refractivity contribution in [2.24, 2.45) is 0 Å². The highest BCUT2D eigenvalue weighted by Crippen LogP contribution is 2.29. The predicted molar refractivity (Wildman–Crippen MR) is 116 cm³/mol. The van der Waals surface area contributed by atoms with E-state index in [0.717, 1.165) is 33.4 Å². The average molecular weight is 415 g/mol. The quantitative estimate of drug-likeness (QED) is 0.770. The van der Waals surface area contributed by atoms with Crippen LogP contribution in [0, 0.1) is 41.5 Å². The van der Waals surface area contributed by atoms with Crippen LogP contribution in [0.5, 0.6) is 0 Å². The molecular weight excluding hydrogens is 384 g/mol. The fourth-order valence-electron chi connectivity index (χ4n) is 3.98. The highest BCUT2D eigenvalue weighted by Gasteiger charge is 2.33. The topological polar surface area (TPSA) is 57.7 Å². The number of sulfonamides is 1. The van der Waals surface area contributed by atoms with Crippen molar-refractivity contribution < 1.29 is 13.2 Å². The lowest BCUT2D eigenvalue weighted by Gasteiger charge is -2.35. The molecule has 1 fully saturated rings. The first kappa shape index (κ1) is 21.5. The number of hydrogen-bond donors (Lipinski definition) is 0. The largest absolute Gasteiger partial charge is 0.336 e. The molecule has 1 aliphatic rings. The van der Waals surface area contributed by atoms with Gasteiger partial charge >= 0.3 is 0 Å². The first-order valence-electron chi connectivity index (χ1n) is 9.98. The van der Waals surface area contributed by atoms with Gasteiger partial charge in [-0.05, 0) is 81.0 Å². The SMILES string of the molecule is Cc1cccc(C(=O)N2CCN(S(=O)(=O)c3c(C)c(C)cc(C)c3C)CC2)c1C. The summed E-state index contributed by atoms with van der Waals surface area (Å²) in [5, 5.41) is 0. The molecule has 2 aromatic carbocycles. The molecule has 29 heavy (non-hydrogen) atoms. The second-order valence-corrected chi connectivity index (χ2v) is 9.91. The van der Waals surface area contributed by atoms with Gasteiger partial charge < -0.3 is 4.90 Å². The molecule has 1 aliphatic heterocycles. The molecule has 0 N–H and O–H groups in total. The van der Waals surface area contributed by atoms with E-state index < -0.39 is 10.0 Å². The molecule has 5 nitrogen and oxygen atoms in total. The Hall–Kier alpha value is -2.18. The number of nitrogens with zero attached hydrogens (tertiary/aromatic N) is 2. The summed E-state index contributed by atoms with van der Waals surface area (Å²) in [4.78, 5) is 15.1. The summed E-state index contributed by atoms with van der Waals surface area (Å²) in [6, 6.07) is 7.76. The first-order chi connectivity index (χ1) is 13.6. The molecule has 1 saturated heterocycles. The Balaban J connectivity index is 1.82. The van der Waals surface area contributed by atoms with E-state index >= 15 is 0 Å². The van der Waals surface area contributed by atoms with E-state index in [1.807, 2.05) is 65.8 Å². The summed E-state index contributed by atoms with van der Waals surface area (Å²) < 4.78 is 28.3. The van der Waals surface area contributed by atoms with E-state index in [1.54, 1.807) is 4.90 Å². The van der Waals surface area contributed by atoms with Crippen molar-refractivity contribution >= 4 is 15.9 Å². The van der Waals surface area contributed by atoms with Crippen LogP contribution in [-0.2, 0) is 10.0 Å². The van der Waals surface area contributed by atoms with Crippen LogP contribution in [0.4, 0.5) is 0 Å². The zero-order valence-corrected chi connectivity index (χ0v) is 19.0. The molecule has 0 unspecified atom stereocenters. The molecule has 2 aromatic rings. The lowest BCUT2D eigenvalue weighted by molar-refractivity contribution is 0.0697. The Morgan fingerprint density at radius 1 is 0.793 bits per heavy atom. The number of piperazine rings is 1. The number of hydrogen-bond acceptors (Lipinski definition) is 3. The smallest absolute Gasteiger partial charge is 0.254 e. The summed E-state index contributed by atoms with van der Waals surface area (Å²) in [6.45, 7) is 13.0. The zero-order valence-electron chi connectivity index (χ0n) is 18.2. The molecule has 1 heterocycles.